The van der Waals surface area contributed by atoms with Crippen LogP contribution in [0, 0.1) is 0 Å². The van der Waals surface area contributed by atoms with Crippen molar-refractivity contribution in [1.82, 2.24) is 28.7 Å². The van der Waals surface area contributed by atoms with E-state index >= 15 is 0 Å². The zero-order chi connectivity index (χ0) is 38.9. The summed E-state index contributed by atoms with van der Waals surface area (Å²) in [4.78, 5) is 14.0. The summed E-state index contributed by atoms with van der Waals surface area (Å²) >= 11 is 0. The van der Waals surface area contributed by atoms with Crippen molar-refractivity contribution in [3.05, 3.63) is 207 Å². The number of rotatable bonds is 6. The summed E-state index contributed by atoms with van der Waals surface area (Å²) in [5.41, 5.74) is 14.6. The highest BCUT2D eigenvalue weighted by Crippen LogP contribution is 2.39. The first-order chi connectivity index (χ1) is 29.3. The molecule has 12 aromatic rings. The fraction of sp³-hybridized carbons (Fsp3) is 0. The molecule has 6 heteroatoms. The van der Waals surface area contributed by atoms with E-state index in [0.717, 1.165) is 39.1 Å². The minimum atomic E-state index is 0.588. The topological polar surface area (TPSA) is 53.5 Å². The molecule has 0 fully saturated rings. The third-order valence-corrected chi connectivity index (χ3v) is 11.6. The van der Waals surface area contributed by atoms with Crippen LogP contribution in [-0.4, -0.2) is 28.7 Å². The number of hydrogen-bond acceptors (Lipinski definition) is 3. The Kier molecular flexibility index (Phi) is 7.43. The van der Waals surface area contributed by atoms with Gasteiger partial charge in [0.2, 0.25) is 0 Å². The first kappa shape index (κ1) is 33.1. The Labute approximate surface area is 339 Å². The molecule has 0 aliphatic rings. The predicted octanol–water partition coefficient (Wildman–Crippen LogP) is 13.0. The third kappa shape index (κ3) is 5.31. The molecule has 276 valence electrons. The molecule has 4 aromatic heterocycles. The van der Waals surface area contributed by atoms with Gasteiger partial charge in [-0.15, -0.1) is 0 Å². The molecule has 0 N–H and O–H groups in total. The maximum atomic E-state index is 4.94. The predicted molar refractivity (Wildman–Crippen MR) is 242 cm³/mol. The van der Waals surface area contributed by atoms with Gasteiger partial charge in [0, 0.05) is 51.0 Å². The van der Waals surface area contributed by atoms with E-state index in [0.29, 0.717) is 11.6 Å². The molecule has 6 nitrogen and oxygen atoms in total. The van der Waals surface area contributed by atoms with Crippen LogP contribution in [0.4, 0.5) is 0 Å². The van der Waals surface area contributed by atoms with Gasteiger partial charge < -0.3 is 9.13 Å². The van der Waals surface area contributed by atoms with Crippen molar-refractivity contribution in [1.29, 1.82) is 0 Å². The smallest absolute Gasteiger partial charge is 0.196 e. The quantitative estimate of drug-likeness (QED) is 0.170. The van der Waals surface area contributed by atoms with E-state index in [1.165, 1.54) is 54.8 Å². The highest BCUT2D eigenvalue weighted by atomic mass is 15.1. The Morgan fingerprint density at radius 1 is 0.305 bits per heavy atom. The SMILES string of the molecule is c1ccc(-c2ccc(-n3c4ccccc4c4cc(-c5ccc6c(c5)c5ccccc5n6-c5ccc(-n6c(-c7ncccn7)nc7ccccc76)cc5)ccc43)cc2)cc1. The van der Waals surface area contributed by atoms with Crippen LogP contribution < -0.4 is 0 Å². The lowest BCUT2D eigenvalue weighted by Gasteiger charge is -2.12. The number of aromatic nitrogens is 6. The Morgan fingerprint density at radius 3 is 1.34 bits per heavy atom. The van der Waals surface area contributed by atoms with Gasteiger partial charge in [-0.25, -0.2) is 15.0 Å². The molecule has 12 rings (SSSR count). The van der Waals surface area contributed by atoms with Crippen molar-refractivity contribution >= 4 is 54.6 Å². The van der Waals surface area contributed by atoms with Gasteiger partial charge in [-0.1, -0.05) is 103 Å². The van der Waals surface area contributed by atoms with Crippen LogP contribution >= 0.6 is 0 Å². The monoisotopic (exact) mass is 754 g/mol. The number of para-hydroxylation sites is 4. The maximum Gasteiger partial charge on any atom is 0.196 e. The van der Waals surface area contributed by atoms with Gasteiger partial charge in [0.25, 0.3) is 0 Å². The van der Waals surface area contributed by atoms with Crippen LogP contribution in [0.3, 0.4) is 0 Å². The standard InChI is InChI=1S/C53H34N6/c1-2-11-35(12-3-1)36-19-23-39(24-20-36)57-47-16-7-4-13-42(47)44-33-37(21-29-49(44)57)38-22-30-50-45(34-38)43-14-5-8-17-48(43)58(50)40-25-27-41(28-26-40)59-51-18-9-6-15-46(51)56-53(59)52-54-31-10-32-55-52/h1-34H. The molecule has 0 amide bonds. The Bertz CT molecular complexity index is 3520. The molecular weight excluding hydrogens is 721 g/mol. The Hall–Kier alpha value is -8.09. The van der Waals surface area contributed by atoms with Gasteiger partial charge in [0.05, 0.1) is 33.1 Å². The molecule has 0 radical (unpaired) electrons. The number of benzene rings is 8. The zero-order valence-corrected chi connectivity index (χ0v) is 31.8. The lowest BCUT2D eigenvalue weighted by atomic mass is 10.0. The fourth-order valence-electron chi connectivity index (χ4n) is 8.90. The fourth-order valence-corrected chi connectivity index (χ4v) is 8.90. The number of fused-ring (bicyclic) bond motifs is 7. The van der Waals surface area contributed by atoms with E-state index in [1.54, 1.807) is 12.4 Å². The minimum absolute atomic E-state index is 0.588. The molecule has 0 bridgehead atoms. The van der Waals surface area contributed by atoms with Crippen molar-refractivity contribution in [3.8, 4) is 51.0 Å². The second kappa shape index (κ2) is 13.3. The molecule has 0 atom stereocenters. The van der Waals surface area contributed by atoms with E-state index in [9.17, 15) is 0 Å². The Balaban J connectivity index is 0.950. The lowest BCUT2D eigenvalue weighted by Crippen LogP contribution is -2.01. The minimum Gasteiger partial charge on any atom is -0.309 e. The number of imidazole rings is 1. The van der Waals surface area contributed by atoms with Gasteiger partial charge in [-0.3, -0.25) is 4.57 Å². The van der Waals surface area contributed by atoms with E-state index in [2.05, 4.69) is 194 Å². The van der Waals surface area contributed by atoms with Crippen LogP contribution in [0.5, 0.6) is 0 Å². The zero-order valence-electron chi connectivity index (χ0n) is 31.8. The van der Waals surface area contributed by atoms with E-state index in [4.69, 9.17) is 4.98 Å². The first-order valence-corrected chi connectivity index (χ1v) is 19.9. The molecule has 4 heterocycles. The Morgan fingerprint density at radius 2 is 0.746 bits per heavy atom. The van der Waals surface area contributed by atoms with E-state index in [1.807, 2.05) is 24.3 Å². The number of nitrogens with zero attached hydrogens (tertiary/aromatic N) is 6. The molecule has 0 aliphatic heterocycles. The largest absolute Gasteiger partial charge is 0.309 e. The van der Waals surface area contributed by atoms with Gasteiger partial charge in [0.1, 0.15) is 0 Å². The summed E-state index contributed by atoms with van der Waals surface area (Å²) in [7, 11) is 0. The third-order valence-electron chi connectivity index (χ3n) is 11.6. The molecular formula is C53H34N6. The van der Waals surface area contributed by atoms with Gasteiger partial charge in [0.15, 0.2) is 11.6 Å². The average molecular weight is 755 g/mol. The molecule has 59 heavy (non-hydrogen) atoms. The van der Waals surface area contributed by atoms with Crippen molar-refractivity contribution < 1.29 is 0 Å². The van der Waals surface area contributed by atoms with Crippen molar-refractivity contribution in [2.75, 3.05) is 0 Å². The maximum absolute atomic E-state index is 4.94. The highest BCUT2D eigenvalue weighted by Gasteiger charge is 2.19. The molecule has 0 saturated carbocycles. The molecule has 0 saturated heterocycles. The van der Waals surface area contributed by atoms with Crippen LogP contribution in [0.2, 0.25) is 0 Å². The summed E-state index contributed by atoms with van der Waals surface area (Å²) in [6, 6.07) is 69.4. The van der Waals surface area contributed by atoms with Crippen LogP contribution in [0.1, 0.15) is 0 Å². The van der Waals surface area contributed by atoms with E-state index in [-0.39, 0.29) is 0 Å². The van der Waals surface area contributed by atoms with Gasteiger partial charge in [-0.05, 0) is 113 Å². The lowest BCUT2D eigenvalue weighted by molar-refractivity contribution is 1.04. The summed E-state index contributed by atoms with van der Waals surface area (Å²) < 4.78 is 6.89. The molecule has 0 aliphatic carbocycles. The summed E-state index contributed by atoms with van der Waals surface area (Å²) in [5, 5.41) is 4.91. The van der Waals surface area contributed by atoms with Gasteiger partial charge in [-0.2, -0.15) is 0 Å². The molecule has 0 unspecified atom stereocenters. The van der Waals surface area contributed by atoms with Crippen LogP contribution in [-0.2, 0) is 0 Å². The average Bonchev–Trinajstić information content (AvgIpc) is 3.97. The van der Waals surface area contributed by atoms with Crippen LogP contribution in [0.15, 0.2) is 207 Å². The second-order valence-corrected chi connectivity index (χ2v) is 14.9. The summed E-state index contributed by atoms with van der Waals surface area (Å²) in [6.45, 7) is 0. The first-order valence-electron chi connectivity index (χ1n) is 19.9. The number of hydrogen-bond donors (Lipinski definition) is 0. The van der Waals surface area contributed by atoms with Crippen LogP contribution in [0.25, 0.3) is 106 Å². The second-order valence-electron chi connectivity index (χ2n) is 14.9. The molecule has 0 spiro atoms. The van der Waals surface area contributed by atoms with Crippen molar-refractivity contribution in [2.45, 2.75) is 0 Å². The van der Waals surface area contributed by atoms with Gasteiger partial charge >= 0.3 is 0 Å². The normalized spacial score (nSPS) is 11.7. The highest BCUT2D eigenvalue weighted by molar-refractivity contribution is 6.12. The van der Waals surface area contributed by atoms with Crippen molar-refractivity contribution in [2.24, 2.45) is 0 Å². The van der Waals surface area contributed by atoms with Crippen molar-refractivity contribution in [3.63, 3.8) is 0 Å². The summed E-state index contributed by atoms with van der Waals surface area (Å²) in [6.07, 6.45) is 3.51. The van der Waals surface area contributed by atoms with E-state index < -0.39 is 0 Å². The molecule has 8 aromatic carbocycles. The summed E-state index contributed by atoms with van der Waals surface area (Å²) in [5.74, 6) is 1.30.